The molecule has 3 rings (SSSR count). The quantitative estimate of drug-likeness (QED) is 0.882. The van der Waals surface area contributed by atoms with Crippen molar-refractivity contribution in [2.75, 3.05) is 7.05 Å². The van der Waals surface area contributed by atoms with Gasteiger partial charge in [0.15, 0.2) is 0 Å². The lowest BCUT2D eigenvalue weighted by atomic mass is 9.94. The maximum Gasteiger partial charge on any atom is 0.0236 e. The molecule has 1 aromatic carbocycles. The van der Waals surface area contributed by atoms with Gasteiger partial charge >= 0.3 is 0 Å². The first-order valence-electron chi connectivity index (χ1n) is 7.25. The van der Waals surface area contributed by atoms with Gasteiger partial charge in [-0.2, -0.15) is 0 Å². The molecular weight excluding hydrogens is 220 g/mol. The van der Waals surface area contributed by atoms with Crippen molar-refractivity contribution < 1.29 is 0 Å². The third-order valence-corrected chi connectivity index (χ3v) is 5.02. The Labute approximate surface area is 110 Å². The number of fused-ring (bicyclic) bond motifs is 2. The molecule has 0 radical (unpaired) electrons. The van der Waals surface area contributed by atoms with Crippen molar-refractivity contribution in [1.82, 2.24) is 4.90 Å². The third kappa shape index (κ3) is 2.19. The minimum absolute atomic E-state index is 0.654. The Morgan fingerprint density at radius 3 is 2.56 bits per heavy atom. The minimum Gasteiger partial charge on any atom is -0.326 e. The number of nitrogens with zero attached hydrogens (tertiary/aromatic N) is 1. The summed E-state index contributed by atoms with van der Waals surface area (Å²) in [5, 5.41) is 0. The Morgan fingerprint density at radius 1 is 1.17 bits per heavy atom. The van der Waals surface area contributed by atoms with Gasteiger partial charge in [0.2, 0.25) is 0 Å². The molecule has 3 atom stereocenters. The molecule has 0 saturated heterocycles. The number of hydrogen-bond acceptors (Lipinski definition) is 2. The van der Waals surface area contributed by atoms with Gasteiger partial charge in [-0.25, -0.2) is 0 Å². The Morgan fingerprint density at radius 2 is 1.94 bits per heavy atom. The topological polar surface area (TPSA) is 29.3 Å². The second-order valence-corrected chi connectivity index (χ2v) is 6.13. The van der Waals surface area contributed by atoms with Gasteiger partial charge < -0.3 is 5.73 Å². The lowest BCUT2D eigenvalue weighted by Gasteiger charge is -2.32. The van der Waals surface area contributed by atoms with E-state index in [9.17, 15) is 0 Å². The maximum atomic E-state index is 5.82. The maximum absolute atomic E-state index is 5.82. The van der Waals surface area contributed by atoms with Crippen LogP contribution in [0.3, 0.4) is 0 Å². The van der Waals surface area contributed by atoms with E-state index in [1.54, 1.807) is 0 Å². The molecule has 2 heteroatoms. The monoisotopic (exact) mass is 244 g/mol. The number of benzene rings is 1. The van der Waals surface area contributed by atoms with E-state index < -0.39 is 0 Å². The van der Waals surface area contributed by atoms with E-state index in [2.05, 4.69) is 36.2 Å². The van der Waals surface area contributed by atoms with E-state index >= 15 is 0 Å². The summed E-state index contributed by atoms with van der Waals surface area (Å²) >= 11 is 0. The highest BCUT2D eigenvalue weighted by Crippen LogP contribution is 2.46. The second-order valence-electron chi connectivity index (χ2n) is 6.13. The van der Waals surface area contributed by atoms with Crippen molar-refractivity contribution in [3.05, 3.63) is 35.4 Å². The van der Waals surface area contributed by atoms with E-state index in [1.165, 1.54) is 36.8 Å². The van der Waals surface area contributed by atoms with Crippen LogP contribution in [0.1, 0.15) is 36.8 Å². The molecule has 1 aromatic rings. The zero-order chi connectivity index (χ0) is 12.5. The smallest absolute Gasteiger partial charge is 0.0236 e. The van der Waals surface area contributed by atoms with Crippen LogP contribution in [-0.2, 0) is 13.1 Å². The van der Waals surface area contributed by atoms with Crippen molar-refractivity contribution in [2.45, 2.75) is 44.8 Å². The SMILES string of the molecule is CN(Cc1ccccc1CN)C1CC2CCC1C2. The number of nitrogens with two attached hydrogens (primary N) is 1. The molecule has 0 aliphatic heterocycles. The predicted molar refractivity (Wildman–Crippen MR) is 75.0 cm³/mol. The molecule has 18 heavy (non-hydrogen) atoms. The van der Waals surface area contributed by atoms with Gasteiger partial charge in [0.1, 0.15) is 0 Å². The molecule has 2 aliphatic rings. The Hall–Kier alpha value is -0.860. The highest BCUT2D eigenvalue weighted by molar-refractivity contribution is 5.26. The first kappa shape index (κ1) is 12.2. The average Bonchev–Trinajstić information content (AvgIpc) is 3.01. The first-order chi connectivity index (χ1) is 8.78. The molecule has 2 fully saturated rings. The lowest BCUT2D eigenvalue weighted by Crippen LogP contribution is -2.35. The van der Waals surface area contributed by atoms with Gasteiger partial charge in [-0.05, 0) is 49.3 Å². The molecule has 2 bridgehead atoms. The summed E-state index contributed by atoms with van der Waals surface area (Å²) in [5.74, 6) is 1.98. The third-order valence-electron chi connectivity index (χ3n) is 5.02. The van der Waals surface area contributed by atoms with Crippen LogP contribution < -0.4 is 5.73 Å². The van der Waals surface area contributed by atoms with Gasteiger partial charge in [0.25, 0.3) is 0 Å². The van der Waals surface area contributed by atoms with Gasteiger partial charge in [0, 0.05) is 19.1 Å². The molecular formula is C16H24N2. The molecule has 0 spiro atoms. The van der Waals surface area contributed by atoms with E-state index in [0.29, 0.717) is 6.54 Å². The van der Waals surface area contributed by atoms with E-state index in [-0.39, 0.29) is 0 Å². The summed E-state index contributed by atoms with van der Waals surface area (Å²) in [6.07, 6.45) is 5.84. The van der Waals surface area contributed by atoms with E-state index in [4.69, 9.17) is 5.73 Å². The van der Waals surface area contributed by atoms with Crippen molar-refractivity contribution >= 4 is 0 Å². The number of rotatable bonds is 4. The zero-order valence-corrected chi connectivity index (χ0v) is 11.3. The fraction of sp³-hybridized carbons (Fsp3) is 0.625. The van der Waals surface area contributed by atoms with Crippen LogP contribution in [0.2, 0.25) is 0 Å². The molecule has 0 aromatic heterocycles. The zero-order valence-electron chi connectivity index (χ0n) is 11.3. The fourth-order valence-corrected chi connectivity index (χ4v) is 4.05. The summed E-state index contributed by atoms with van der Waals surface area (Å²) in [5.41, 5.74) is 8.53. The molecule has 0 heterocycles. The molecule has 2 saturated carbocycles. The fourth-order valence-electron chi connectivity index (χ4n) is 4.05. The van der Waals surface area contributed by atoms with Crippen molar-refractivity contribution in [1.29, 1.82) is 0 Å². The van der Waals surface area contributed by atoms with Crippen LogP contribution in [0.15, 0.2) is 24.3 Å². The summed E-state index contributed by atoms with van der Waals surface area (Å²) in [6.45, 7) is 1.71. The summed E-state index contributed by atoms with van der Waals surface area (Å²) < 4.78 is 0. The van der Waals surface area contributed by atoms with Crippen molar-refractivity contribution in [3.63, 3.8) is 0 Å². The minimum atomic E-state index is 0.654. The van der Waals surface area contributed by atoms with Crippen LogP contribution in [0.4, 0.5) is 0 Å². The highest BCUT2D eigenvalue weighted by atomic mass is 15.1. The normalized spacial score (nSPS) is 30.3. The molecule has 2 nitrogen and oxygen atoms in total. The van der Waals surface area contributed by atoms with Crippen molar-refractivity contribution in [2.24, 2.45) is 17.6 Å². The largest absolute Gasteiger partial charge is 0.326 e. The second kappa shape index (κ2) is 5.02. The summed E-state index contributed by atoms with van der Waals surface area (Å²) in [4.78, 5) is 2.57. The average molecular weight is 244 g/mol. The van der Waals surface area contributed by atoms with Crippen LogP contribution >= 0.6 is 0 Å². The molecule has 2 aliphatic carbocycles. The lowest BCUT2D eigenvalue weighted by molar-refractivity contribution is 0.169. The Kier molecular flexibility index (Phi) is 3.40. The summed E-state index contributed by atoms with van der Waals surface area (Å²) in [7, 11) is 2.29. The van der Waals surface area contributed by atoms with Crippen LogP contribution in [-0.4, -0.2) is 18.0 Å². The highest BCUT2D eigenvalue weighted by Gasteiger charge is 2.41. The van der Waals surface area contributed by atoms with E-state index in [1.807, 2.05) is 0 Å². The number of hydrogen-bond donors (Lipinski definition) is 1. The predicted octanol–water partition coefficient (Wildman–Crippen LogP) is 2.77. The van der Waals surface area contributed by atoms with Crippen LogP contribution in [0.25, 0.3) is 0 Å². The Balaban J connectivity index is 1.69. The van der Waals surface area contributed by atoms with Gasteiger partial charge in [-0.3, -0.25) is 4.90 Å². The summed E-state index contributed by atoms with van der Waals surface area (Å²) in [6, 6.07) is 9.41. The van der Waals surface area contributed by atoms with Crippen LogP contribution in [0, 0.1) is 11.8 Å². The molecule has 3 unspecified atom stereocenters. The first-order valence-corrected chi connectivity index (χ1v) is 7.25. The van der Waals surface area contributed by atoms with Crippen molar-refractivity contribution in [3.8, 4) is 0 Å². The van der Waals surface area contributed by atoms with E-state index in [0.717, 1.165) is 24.4 Å². The van der Waals surface area contributed by atoms with Gasteiger partial charge in [-0.15, -0.1) is 0 Å². The van der Waals surface area contributed by atoms with Gasteiger partial charge in [-0.1, -0.05) is 30.7 Å². The van der Waals surface area contributed by atoms with Crippen LogP contribution in [0.5, 0.6) is 0 Å². The van der Waals surface area contributed by atoms with Gasteiger partial charge in [0.05, 0.1) is 0 Å². The molecule has 2 N–H and O–H groups in total. The molecule has 98 valence electrons. The standard InChI is InChI=1S/C16H24N2/c1-18(16-9-12-6-7-13(16)8-12)11-15-5-3-2-4-14(15)10-17/h2-5,12-13,16H,6-11,17H2,1H3. The Bertz CT molecular complexity index is 415. The molecule has 0 amide bonds.